The Labute approximate surface area is 228 Å². The first-order valence-electron chi connectivity index (χ1n) is 13.3. The first kappa shape index (κ1) is 26.8. The second-order valence-corrected chi connectivity index (χ2v) is 10.1. The first-order valence-corrected chi connectivity index (χ1v) is 13.3. The molecule has 1 aromatic heterocycles. The number of aromatic nitrogens is 1. The molecule has 0 aliphatic carbocycles. The van der Waals surface area contributed by atoms with Gasteiger partial charge in [-0.3, -0.25) is 14.5 Å². The lowest BCUT2D eigenvalue weighted by Gasteiger charge is -2.31. The van der Waals surface area contributed by atoms with Gasteiger partial charge < -0.3 is 14.2 Å². The van der Waals surface area contributed by atoms with Crippen molar-refractivity contribution in [3.05, 3.63) is 95.1 Å². The predicted molar refractivity (Wildman–Crippen MR) is 147 cm³/mol. The topological polar surface area (TPSA) is 70.4 Å². The van der Waals surface area contributed by atoms with Crippen LogP contribution >= 0.6 is 0 Å². The summed E-state index contributed by atoms with van der Waals surface area (Å²) in [5, 5.41) is 6.30. The van der Waals surface area contributed by atoms with Crippen LogP contribution in [0.25, 0.3) is 0 Å². The van der Waals surface area contributed by atoms with E-state index in [1.807, 2.05) is 61.1 Å². The number of rotatable bonds is 8. The van der Waals surface area contributed by atoms with Gasteiger partial charge in [0.15, 0.2) is 0 Å². The molecular formula is C30H34FN5O3. The number of amides is 2. The van der Waals surface area contributed by atoms with Crippen LogP contribution in [0.5, 0.6) is 0 Å². The van der Waals surface area contributed by atoms with Crippen molar-refractivity contribution < 1.29 is 18.7 Å². The van der Waals surface area contributed by atoms with E-state index in [1.165, 1.54) is 28.1 Å². The number of hydrogen-bond donors (Lipinski definition) is 0. The highest BCUT2D eigenvalue weighted by molar-refractivity contribution is 6.02. The van der Waals surface area contributed by atoms with Crippen LogP contribution in [-0.2, 0) is 16.6 Å². The molecule has 0 bridgehead atoms. The van der Waals surface area contributed by atoms with E-state index in [9.17, 15) is 14.0 Å². The van der Waals surface area contributed by atoms with E-state index < -0.39 is 5.82 Å². The third kappa shape index (κ3) is 6.26. The zero-order valence-corrected chi connectivity index (χ0v) is 22.4. The number of carbonyl (C=O) groups is 2. The van der Waals surface area contributed by atoms with Gasteiger partial charge in [-0.05, 0) is 42.8 Å². The molecule has 5 rings (SSSR count). The molecule has 204 valence electrons. The average molecular weight is 532 g/mol. The molecule has 9 heteroatoms. The molecular weight excluding hydrogens is 497 g/mol. The molecule has 2 aliphatic heterocycles. The van der Waals surface area contributed by atoms with E-state index in [4.69, 9.17) is 9.84 Å². The standard InChI is InChI=1S/C30H34FN5O3/c1-22-8-10-23(11-9-22)28-20-26(27-7-4-12-33(27)2)32-36(28)29(37)21-35(14-13-34-15-17-39-18-16-34)30(38)24-5-3-6-25(31)19-24/h3-12,19,28H,13-18,20-21H2,1-2H3. The van der Waals surface area contributed by atoms with E-state index in [1.54, 1.807) is 6.07 Å². The van der Waals surface area contributed by atoms with Gasteiger partial charge in [0.1, 0.15) is 12.4 Å². The van der Waals surface area contributed by atoms with E-state index in [-0.39, 0.29) is 30.0 Å². The van der Waals surface area contributed by atoms with Crippen molar-refractivity contribution in [1.82, 2.24) is 19.4 Å². The number of benzene rings is 2. The van der Waals surface area contributed by atoms with E-state index in [2.05, 4.69) is 4.90 Å². The summed E-state index contributed by atoms with van der Waals surface area (Å²) in [6.07, 6.45) is 2.52. The molecule has 1 fully saturated rings. The average Bonchev–Trinajstić information content (AvgIpc) is 3.58. The van der Waals surface area contributed by atoms with Crippen LogP contribution < -0.4 is 0 Å². The van der Waals surface area contributed by atoms with Crippen molar-refractivity contribution >= 4 is 17.5 Å². The highest BCUT2D eigenvalue weighted by Gasteiger charge is 2.35. The lowest BCUT2D eigenvalue weighted by Crippen LogP contribution is -2.46. The summed E-state index contributed by atoms with van der Waals surface area (Å²) in [4.78, 5) is 31.1. The minimum absolute atomic E-state index is 0.161. The monoisotopic (exact) mass is 531 g/mol. The molecule has 39 heavy (non-hydrogen) atoms. The molecule has 2 amide bonds. The Morgan fingerprint density at radius 2 is 1.85 bits per heavy atom. The molecule has 2 aliphatic rings. The Morgan fingerprint density at radius 1 is 1.08 bits per heavy atom. The fourth-order valence-corrected chi connectivity index (χ4v) is 5.08. The molecule has 0 radical (unpaired) electrons. The highest BCUT2D eigenvalue weighted by Crippen LogP contribution is 2.33. The summed E-state index contributed by atoms with van der Waals surface area (Å²) < 4.78 is 21.4. The van der Waals surface area contributed by atoms with Crippen molar-refractivity contribution in [3.63, 3.8) is 0 Å². The van der Waals surface area contributed by atoms with Crippen LogP contribution in [0.1, 0.15) is 39.6 Å². The molecule has 0 N–H and O–H groups in total. The number of hydrazone groups is 1. The zero-order chi connectivity index (χ0) is 27.4. The molecule has 0 spiro atoms. The summed E-state index contributed by atoms with van der Waals surface area (Å²) in [6.45, 7) is 5.60. The third-order valence-corrected chi connectivity index (χ3v) is 7.34. The maximum absolute atomic E-state index is 14.0. The minimum atomic E-state index is -0.490. The third-order valence-electron chi connectivity index (χ3n) is 7.34. The SMILES string of the molecule is Cc1ccc(C2CC(c3cccn3C)=NN2C(=O)CN(CCN2CCOCC2)C(=O)c2cccc(F)c2)cc1. The molecule has 8 nitrogen and oxygen atoms in total. The quantitative estimate of drug-likeness (QED) is 0.445. The van der Waals surface area contributed by atoms with Gasteiger partial charge in [0.05, 0.1) is 30.7 Å². The lowest BCUT2D eigenvalue weighted by atomic mass is 9.99. The van der Waals surface area contributed by atoms with Gasteiger partial charge in [-0.15, -0.1) is 0 Å². The predicted octanol–water partition coefficient (Wildman–Crippen LogP) is 3.62. The Hall–Kier alpha value is -3.82. The second-order valence-electron chi connectivity index (χ2n) is 10.1. The maximum atomic E-state index is 14.0. The van der Waals surface area contributed by atoms with E-state index >= 15 is 0 Å². The van der Waals surface area contributed by atoms with Gasteiger partial charge in [0, 0.05) is 51.4 Å². The number of halogens is 1. The van der Waals surface area contributed by atoms with Crippen LogP contribution in [0, 0.1) is 12.7 Å². The first-order chi connectivity index (χ1) is 18.9. The van der Waals surface area contributed by atoms with Gasteiger partial charge in [0.25, 0.3) is 11.8 Å². The normalized spacial score (nSPS) is 17.8. The molecule has 1 atom stereocenters. The molecule has 3 heterocycles. The lowest BCUT2D eigenvalue weighted by molar-refractivity contribution is -0.133. The highest BCUT2D eigenvalue weighted by atomic mass is 19.1. The molecule has 1 unspecified atom stereocenters. The van der Waals surface area contributed by atoms with Crippen molar-refractivity contribution in [2.45, 2.75) is 19.4 Å². The van der Waals surface area contributed by atoms with Gasteiger partial charge in [0.2, 0.25) is 0 Å². The number of hydrogen-bond acceptors (Lipinski definition) is 5. The van der Waals surface area contributed by atoms with Gasteiger partial charge >= 0.3 is 0 Å². The summed E-state index contributed by atoms with van der Waals surface area (Å²) >= 11 is 0. The molecule has 2 aromatic carbocycles. The smallest absolute Gasteiger partial charge is 0.262 e. The van der Waals surface area contributed by atoms with Crippen LogP contribution in [0.15, 0.2) is 72.0 Å². The molecule has 3 aromatic rings. The minimum Gasteiger partial charge on any atom is -0.379 e. The van der Waals surface area contributed by atoms with E-state index in [0.717, 1.165) is 35.6 Å². The van der Waals surface area contributed by atoms with Crippen molar-refractivity contribution in [2.24, 2.45) is 12.1 Å². The van der Waals surface area contributed by atoms with Crippen LogP contribution in [0.3, 0.4) is 0 Å². The van der Waals surface area contributed by atoms with E-state index in [0.29, 0.717) is 32.7 Å². The largest absolute Gasteiger partial charge is 0.379 e. The number of ether oxygens (including phenoxy) is 1. The maximum Gasteiger partial charge on any atom is 0.262 e. The van der Waals surface area contributed by atoms with Gasteiger partial charge in [-0.1, -0.05) is 35.9 Å². The van der Waals surface area contributed by atoms with Crippen LogP contribution in [0.2, 0.25) is 0 Å². The summed E-state index contributed by atoms with van der Waals surface area (Å²) in [5.74, 6) is -1.15. The fraction of sp³-hybridized carbons (Fsp3) is 0.367. The second kappa shape index (κ2) is 11.9. The summed E-state index contributed by atoms with van der Waals surface area (Å²) in [7, 11) is 1.95. The molecule has 1 saturated heterocycles. The number of aryl methyl sites for hydroxylation is 2. The van der Waals surface area contributed by atoms with Gasteiger partial charge in [-0.25, -0.2) is 9.40 Å². The number of morpholine rings is 1. The summed E-state index contributed by atoms with van der Waals surface area (Å²) in [6, 6.07) is 17.4. The van der Waals surface area contributed by atoms with Gasteiger partial charge in [-0.2, -0.15) is 5.10 Å². The molecule has 0 saturated carbocycles. The van der Waals surface area contributed by atoms with Crippen LogP contribution in [-0.4, -0.2) is 82.8 Å². The Balaban J connectivity index is 1.41. The number of carbonyl (C=O) groups excluding carboxylic acids is 2. The fourth-order valence-electron chi connectivity index (χ4n) is 5.08. The van der Waals surface area contributed by atoms with Crippen molar-refractivity contribution in [2.75, 3.05) is 45.9 Å². The van der Waals surface area contributed by atoms with Crippen molar-refractivity contribution in [1.29, 1.82) is 0 Å². The van der Waals surface area contributed by atoms with Crippen molar-refractivity contribution in [3.8, 4) is 0 Å². The van der Waals surface area contributed by atoms with Crippen LogP contribution in [0.4, 0.5) is 4.39 Å². The Kier molecular flexibility index (Phi) is 8.18. The summed E-state index contributed by atoms with van der Waals surface area (Å²) in [5.41, 5.74) is 4.10. The Bertz CT molecular complexity index is 1350. The zero-order valence-electron chi connectivity index (χ0n) is 22.4. The Morgan fingerprint density at radius 3 is 2.54 bits per heavy atom. The number of nitrogens with zero attached hydrogens (tertiary/aromatic N) is 5.